The van der Waals surface area contributed by atoms with E-state index in [9.17, 15) is 4.79 Å². The molecule has 134 valence electrons. The van der Waals surface area contributed by atoms with Gasteiger partial charge in [-0.15, -0.1) is 0 Å². The number of hydrogen-bond donors (Lipinski definition) is 2. The van der Waals surface area contributed by atoms with E-state index < -0.39 is 0 Å². The number of H-pyrrole nitrogens is 1. The third kappa shape index (κ3) is 3.87. The van der Waals surface area contributed by atoms with E-state index in [2.05, 4.69) is 20.4 Å². The number of aromatic nitrogens is 2. The zero-order valence-corrected chi connectivity index (χ0v) is 15.0. The quantitative estimate of drug-likeness (QED) is 0.891. The number of aryl methyl sites for hydroxylation is 2. The summed E-state index contributed by atoms with van der Waals surface area (Å²) < 4.78 is 5.14. The third-order valence-corrected chi connectivity index (χ3v) is 4.58. The van der Waals surface area contributed by atoms with Gasteiger partial charge in [-0.2, -0.15) is 5.10 Å². The minimum atomic E-state index is -0.0175. The van der Waals surface area contributed by atoms with Crippen LogP contribution >= 0.6 is 0 Å². The Balaban J connectivity index is 1.49. The highest BCUT2D eigenvalue weighted by molar-refractivity contribution is 5.74. The Morgan fingerprint density at radius 1 is 1.20 bits per heavy atom. The topological polar surface area (TPSA) is 73.5 Å². The summed E-state index contributed by atoms with van der Waals surface area (Å²) in [5.41, 5.74) is 4.31. The second-order valence-electron chi connectivity index (χ2n) is 6.26. The minimum Gasteiger partial charge on any atom is -0.497 e. The first-order chi connectivity index (χ1) is 12.1. The third-order valence-electron chi connectivity index (χ3n) is 4.58. The van der Waals surface area contributed by atoms with Crippen LogP contribution in [0.5, 0.6) is 5.75 Å². The van der Waals surface area contributed by atoms with Crippen molar-refractivity contribution >= 4 is 11.7 Å². The van der Waals surface area contributed by atoms with Gasteiger partial charge in [0.25, 0.3) is 0 Å². The number of amides is 2. The number of aromatic amines is 1. The van der Waals surface area contributed by atoms with E-state index >= 15 is 0 Å². The lowest BCUT2D eigenvalue weighted by Crippen LogP contribution is -2.51. The lowest BCUT2D eigenvalue weighted by atomic mass is 10.2. The highest BCUT2D eigenvalue weighted by Gasteiger charge is 2.23. The number of benzene rings is 1. The molecule has 25 heavy (non-hydrogen) atoms. The summed E-state index contributed by atoms with van der Waals surface area (Å²) >= 11 is 0. The highest BCUT2D eigenvalue weighted by atomic mass is 16.5. The van der Waals surface area contributed by atoms with Crippen molar-refractivity contribution in [1.82, 2.24) is 20.4 Å². The summed E-state index contributed by atoms with van der Waals surface area (Å²) in [6, 6.07) is 7.70. The van der Waals surface area contributed by atoms with E-state index in [0.717, 1.165) is 35.8 Å². The van der Waals surface area contributed by atoms with Gasteiger partial charge in [-0.25, -0.2) is 4.79 Å². The average Bonchev–Trinajstić information content (AvgIpc) is 2.98. The normalized spacial score (nSPS) is 14.5. The smallest absolute Gasteiger partial charge is 0.317 e. The fourth-order valence-corrected chi connectivity index (χ4v) is 3.18. The van der Waals surface area contributed by atoms with Crippen molar-refractivity contribution in [3.8, 4) is 5.75 Å². The van der Waals surface area contributed by atoms with Crippen molar-refractivity contribution in [2.24, 2.45) is 0 Å². The fraction of sp³-hybridized carbons (Fsp3) is 0.444. The van der Waals surface area contributed by atoms with E-state index in [1.807, 2.05) is 43.0 Å². The number of urea groups is 1. The summed E-state index contributed by atoms with van der Waals surface area (Å²) in [7, 11) is 1.64. The van der Waals surface area contributed by atoms with Crippen molar-refractivity contribution in [2.45, 2.75) is 20.4 Å². The van der Waals surface area contributed by atoms with Crippen LogP contribution in [-0.2, 0) is 6.54 Å². The van der Waals surface area contributed by atoms with Crippen molar-refractivity contribution in [3.63, 3.8) is 0 Å². The molecule has 1 aliphatic rings. The number of carbonyl (C=O) groups excluding carboxylic acids is 1. The van der Waals surface area contributed by atoms with Crippen LogP contribution in [0.1, 0.15) is 17.0 Å². The van der Waals surface area contributed by atoms with Gasteiger partial charge in [0.2, 0.25) is 0 Å². The zero-order chi connectivity index (χ0) is 17.8. The number of nitrogens with one attached hydrogen (secondary N) is 2. The molecule has 1 aromatic heterocycles. The predicted octanol–water partition coefficient (Wildman–Crippen LogP) is 2.07. The van der Waals surface area contributed by atoms with Crippen molar-refractivity contribution in [3.05, 3.63) is 41.2 Å². The maximum atomic E-state index is 12.4. The van der Waals surface area contributed by atoms with Crippen LogP contribution in [0.3, 0.4) is 0 Å². The first-order valence-electron chi connectivity index (χ1n) is 8.50. The molecular weight excluding hydrogens is 318 g/mol. The molecule has 1 saturated heterocycles. The molecule has 1 fully saturated rings. The molecule has 2 N–H and O–H groups in total. The number of nitrogens with zero attached hydrogens (tertiary/aromatic N) is 3. The molecule has 0 bridgehead atoms. The molecule has 2 aromatic rings. The molecule has 0 atom stereocenters. The Kier molecular flexibility index (Phi) is 5.11. The van der Waals surface area contributed by atoms with Crippen LogP contribution in [0.2, 0.25) is 0 Å². The number of methoxy groups -OCH3 is 1. The lowest BCUT2D eigenvalue weighted by Gasteiger charge is -2.36. The van der Waals surface area contributed by atoms with Crippen molar-refractivity contribution in [1.29, 1.82) is 0 Å². The number of rotatable bonds is 4. The molecule has 7 heteroatoms. The summed E-state index contributed by atoms with van der Waals surface area (Å²) in [6.07, 6.45) is 0. The highest BCUT2D eigenvalue weighted by Crippen LogP contribution is 2.23. The number of anilines is 1. The zero-order valence-electron chi connectivity index (χ0n) is 15.0. The molecular formula is C18H25N5O2. The molecule has 2 amide bonds. The van der Waals surface area contributed by atoms with E-state index in [0.29, 0.717) is 19.6 Å². The van der Waals surface area contributed by atoms with Gasteiger partial charge in [0, 0.05) is 32.7 Å². The van der Waals surface area contributed by atoms with Gasteiger partial charge in [0.1, 0.15) is 5.75 Å². The maximum absolute atomic E-state index is 12.4. The fourth-order valence-electron chi connectivity index (χ4n) is 3.18. The van der Waals surface area contributed by atoms with Crippen LogP contribution in [-0.4, -0.2) is 54.4 Å². The molecule has 1 aliphatic heterocycles. The number of ether oxygens (including phenoxy) is 1. The van der Waals surface area contributed by atoms with E-state index in [1.54, 1.807) is 7.11 Å². The Hall–Kier alpha value is -2.70. The first kappa shape index (κ1) is 17.1. The second-order valence-corrected chi connectivity index (χ2v) is 6.26. The largest absolute Gasteiger partial charge is 0.497 e. The Morgan fingerprint density at radius 3 is 2.44 bits per heavy atom. The van der Waals surface area contributed by atoms with Crippen LogP contribution in [0.25, 0.3) is 0 Å². The standard InChI is InChI=1S/C18H25N5O2/c1-13-17(14(2)21-20-13)22-8-10-23(11-9-22)18(24)19-12-15-4-6-16(25-3)7-5-15/h4-7H,8-12H2,1-3H3,(H,19,24)(H,20,21). The van der Waals surface area contributed by atoms with Gasteiger partial charge < -0.3 is 19.9 Å². The average molecular weight is 343 g/mol. The minimum absolute atomic E-state index is 0.0175. The van der Waals surface area contributed by atoms with Gasteiger partial charge >= 0.3 is 6.03 Å². The van der Waals surface area contributed by atoms with Gasteiger partial charge in [-0.3, -0.25) is 5.10 Å². The number of hydrogen-bond acceptors (Lipinski definition) is 4. The van der Waals surface area contributed by atoms with Crippen LogP contribution < -0.4 is 15.0 Å². The molecule has 0 aliphatic carbocycles. The summed E-state index contributed by atoms with van der Waals surface area (Å²) in [4.78, 5) is 16.5. The molecule has 0 radical (unpaired) electrons. The van der Waals surface area contributed by atoms with E-state index in [4.69, 9.17) is 4.74 Å². The molecule has 2 heterocycles. The van der Waals surface area contributed by atoms with Gasteiger partial charge in [0.05, 0.1) is 24.2 Å². The molecule has 0 spiro atoms. The molecule has 0 unspecified atom stereocenters. The Morgan fingerprint density at radius 2 is 1.88 bits per heavy atom. The van der Waals surface area contributed by atoms with Crippen molar-refractivity contribution < 1.29 is 9.53 Å². The molecule has 3 rings (SSSR count). The molecule has 7 nitrogen and oxygen atoms in total. The lowest BCUT2D eigenvalue weighted by molar-refractivity contribution is 0.194. The van der Waals surface area contributed by atoms with E-state index in [1.165, 1.54) is 5.69 Å². The summed E-state index contributed by atoms with van der Waals surface area (Å²) in [5.74, 6) is 0.816. The summed E-state index contributed by atoms with van der Waals surface area (Å²) in [6.45, 7) is 7.60. The van der Waals surface area contributed by atoms with Gasteiger partial charge in [0.15, 0.2) is 0 Å². The van der Waals surface area contributed by atoms with E-state index in [-0.39, 0.29) is 6.03 Å². The maximum Gasteiger partial charge on any atom is 0.317 e. The van der Waals surface area contributed by atoms with Crippen LogP contribution in [0.4, 0.5) is 10.5 Å². The van der Waals surface area contributed by atoms with Gasteiger partial charge in [-0.05, 0) is 31.5 Å². The molecule has 1 aromatic carbocycles. The Bertz CT molecular complexity index is 698. The Labute approximate surface area is 148 Å². The second kappa shape index (κ2) is 7.46. The first-order valence-corrected chi connectivity index (χ1v) is 8.50. The van der Waals surface area contributed by atoms with Gasteiger partial charge in [-0.1, -0.05) is 12.1 Å². The predicted molar refractivity (Wildman–Crippen MR) is 97.1 cm³/mol. The summed E-state index contributed by atoms with van der Waals surface area (Å²) in [5, 5.41) is 10.3. The molecule has 0 saturated carbocycles. The van der Waals surface area contributed by atoms with Crippen LogP contribution in [0, 0.1) is 13.8 Å². The van der Waals surface area contributed by atoms with Crippen molar-refractivity contribution in [2.75, 3.05) is 38.2 Å². The SMILES string of the molecule is COc1ccc(CNC(=O)N2CCN(c3c(C)n[nH]c3C)CC2)cc1. The number of piperazine rings is 1. The monoisotopic (exact) mass is 343 g/mol. The van der Waals surface area contributed by atoms with Crippen LogP contribution in [0.15, 0.2) is 24.3 Å². The number of carbonyl (C=O) groups is 1.